The van der Waals surface area contributed by atoms with Crippen LogP contribution < -0.4 is 5.32 Å². The van der Waals surface area contributed by atoms with E-state index in [0.717, 1.165) is 11.3 Å². The Hall–Kier alpha value is -2.13. The first-order chi connectivity index (χ1) is 9.22. The van der Waals surface area contributed by atoms with Crippen LogP contribution in [0.3, 0.4) is 0 Å². The Balaban J connectivity index is 2.34. The average Bonchev–Trinajstić information content (AvgIpc) is 2.46. The van der Waals surface area contributed by atoms with Gasteiger partial charge in [-0.3, -0.25) is 4.79 Å². The minimum Gasteiger partial charge on any atom is -0.388 e. The van der Waals surface area contributed by atoms with Crippen LogP contribution in [0.1, 0.15) is 15.9 Å². The topological polar surface area (TPSA) is 42.0 Å². The number of nitrogens with zero attached hydrogens (tertiary/aromatic N) is 1. The van der Waals surface area contributed by atoms with Crippen LogP contribution in [0.2, 0.25) is 5.15 Å². The summed E-state index contributed by atoms with van der Waals surface area (Å²) in [6.45, 7) is 0. The molecule has 0 atom stereocenters. The van der Waals surface area contributed by atoms with Gasteiger partial charge in [-0.1, -0.05) is 41.9 Å². The Labute approximate surface area is 116 Å². The monoisotopic (exact) mass is 272 g/mol. The van der Waals surface area contributed by atoms with Gasteiger partial charge in [0.05, 0.1) is 5.56 Å². The van der Waals surface area contributed by atoms with Crippen molar-refractivity contribution in [1.29, 1.82) is 0 Å². The van der Waals surface area contributed by atoms with Gasteiger partial charge in [0.15, 0.2) is 5.78 Å². The van der Waals surface area contributed by atoms with E-state index in [0.29, 0.717) is 5.56 Å². The van der Waals surface area contributed by atoms with Crippen LogP contribution >= 0.6 is 11.6 Å². The summed E-state index contributed by atoms with van der Waals surface area (Å²) < 4.78 is 0. The third-order valence-electron chi connectivity index (χ3n) is 2.65. The molecular formula is C15H13ClN2O. The molecule has 4 heteroatoms. The molecule has 0 fully saturated rings. The van der Waals surface area contributed by atoms with Crippen molar-refractivity contribution < 1.29 is 4.79 Å². The van der Waals surface area contributed by atoms with E-state index < -0.39 is 0 Å². The zero-order chi connectivity index (χ0) is 13.7. The second-order valence-electron chi connectivity index (χ2n) is 3.88. The highest BCUT2D eigenvalue weighted by molar-refractivity contribution is 6.33. The van der Waals surface area contributed by atoms with E-state index in [2.05, 4.69) is 10.3 Å². The summed E-state index contributed by atoms with van der Waals surface area (Å²) in [5.74, 6) is -0.175. The van der Waals surface area contributed by atoms with E-state index in [1.807, 2.05) is 30.3 Å². The van der Waals surface area contributed by atoms with Gasteiger partial charge in [-0.25, -0.2) is 4.98 Å². The Morgan fingerprint density at radius 1 is 1.21 bits per heavy atom. The first-order valence-corrected chi connectivity index (χ1v) is 6.20. The highest BCUT2D eigenvalue weighted by atomic mass is 35.5. The number of allylic oxidation sites excluding steroid dienone is 1. The molecule has 2 rings (SSSR count). The summed E-state index contributed by atoms with van der Waals surface area (Å²) in [6.07, 6.45) is 3.08. The van der Waals surface area contributed by atoms with Crippen molar-refractivity contribution >= 4 is 23.1 Å². The lowest BCUT2D eigenvalue weighted by Gasteiger charge is -2.07. The number of hydrogen-bond donors (Lipinski definition) is 1. The van der Waals surface area contributed by atoms with E-state index in [1.54, 1.807) is 25.4 Å². The molecule has 0 aliphatic rings. The van der Waals surface area contributed by atoms with E-state index in [1.165, 1.54) is 6.08 Å². The lowest BCUT2D eigenvalue weighted by atomic mass is 10.1. The van der Waals surface area contributed by atoms with Crippen molar-refractivity contribution in [3.05, 3.63) is 71.0 Å². The number of nitrogens with one attached hydrogen (secondary N) is 1. The van der Waals surface area contributed by atoms with Crippen LogP contribution in [0.15, 0.2) is 54.7 Å². The molecule has 19 heavy (non-hydrogen) atoms. The van der Waals surface area contributed by atoms with Gasteiger partial charge < -0.3 is 5.32 Å². The molecule has 0 unspecified atom stereocenters. The largest absolute Gasteiger partial charge is 0.388 e. The normalized spacial score (nSPS) is 11.2. The predicted molar refractivity (Wildman–Crippen MR) is 77.1 cm³/mol. The van der Waals surface area contributed by atoms with Gasteiger partial charge in [-0.05, 0) is 17.7 Å². The molecule has 1 heterocycles. The number of hydrogen-bond acceptors (Lipinski definition) is 3. The Bertz CT molecular complexity index is 609. The number of pyridine rings is 1. The summed E-state index contributed by atoms with van der Waals surface area (Å²) in [7, 11) is 1.77. The zero-order valence-corrected chi connectivity index (χ0v) is 11.2. The van der Waals surface area contributed by atoms with Gasteiger partial charge in [0.2, 0.25) is 0 Å². The maximum Gasteiger partial charge on any atom is 0.191 e. The van der Waals surface area contributed by atoms with E-state index in [-0.39, 0.29) is 10.9 Å². The SMILES string of the molecule is CNC(=CC(=O)c1cccnc1Cl)c1ccccc1. The molecule has 0 saturated heterocycles. The molecular weight excluding hydrogens is 260 g/mol. The third kappa shape index (κ3) is 3.20. The van der Waals surface area contributed by atoms with Crippen molar-refractivity contribution in [1.82, 2.24) is 10.3 Å². The zero-order valence-electron chi connectivity index (χ0n) is 10.4. The molecule has 0 spiro atoms. The van der Waals surface area contributed by atoms with Crippen molar-refractivity contribution in [2.24, 2.45) is 0 Å². The minimum atomic E-state index is -0.175. The Morgan fingerprint density at radius 2 is 1.95 bits per heavy atom. The molecule has 0 radical (unpaired) electrons. The quantitative estimate of drug-likeness (QED) is 0.528. The lowest BCUT2D eigenvalue weighted by Crippen LogP contribution is -2.08. The predicted octanol–water partition coefficient (Wildman–Crippen LogP) is 3.18. The van der Waals surface area contributed by atoms with Gasteiger partial charge in [0, 0.05) is 25.0 Å². The van der Waals surface area contributed by atoms with Crippen molar-refractivity contribution in [3.63, 3.8) is 0 Å². The number of aromatic nitrogens is 1. The maximum absolute atomic E-state index is 12.2. The first-order valence-electron chi connectivity index (χ1n) is 5.82. The van der Waals surface area contributed by atoms with E-state index >= 15 is 0 Å². The first kappa shape index (κ1) is 13.3. The molecule has 0 amide bonds. The second-order valence-corrected chi connectivity index (χ2v) is 4.24. The molecule has 1 aromatic heterocycles. The second kappa shape index (κ2) is 6.16. The molecule has 0 aliphatic carbocycles. The van der Waals surface area contributed by atoms with Crippen LogP contribution in [-0.2, 0) is 0 Å². The molecule has 96 valence electrons. The molecule has 2 aromatic rings. The summed E-state index contributed by atoms with van der Waals surface area (Å²) in [4.78, 5) is 16.1. The summed E-state index contributed by atoms with van der Waals surface area (Å²) >= 11 is 5.91. The highest BCUT2D eigenvalue weighted by Crippen LogP contribution is 2.16. The van der Waals surface area contributed by atoms with Gasteiger partial charge >= 0.3 is 0 Å². The van der Waals surface area contributed by atoms with Gasteiger partial charge in [-0.15, -0.1) is 0 Å². The third-order valence-corrected chi connectivity index (χ3v) is 2.96. The standard InChI is InChI=1S/C15H13ClN2O/c1-17-13(11-6-3-2-4-7-11)10-14(19)12-8-5-9-18-15(12)16/h2-10,17H,1H3. The van der Waals surface area contributed by atoms with Crippen LogP contribution in [0.5, 0.6) is 0 Å². The molecule has 0 aliphatic heterocycles. The fourth-order valence-electron chi connectivity index (χ4n) is 1.70. The van der Waals surface area contributed by atoms with Crippen LogP contribution in [0, 0.1) is 0 Å². The van der Waals surface area contributed by atoms with Crippen molar-refractivity contribution in [3.8, 4) is 0 Å². The lowest BCUT2D eigenvalue weighted by molar-refractivity contribution is 0.104. The molecule has 1 aromatic carbocycles. The Morgan fingerprint density at radius 3 is 2.58 bits per heavy atom. The fraction of sp³-hybridized carbons (Fsp3) is 0.0667. The number of rotatable bonds is 4. The van der Waals surface area contributed by atoms with Gasteiger partial charge in [0.1, 0.15) is 5.15 Å². The number of ketones is 1. The van der Waals surface area contributed by atoms with Gasteiger partial charge in [-0.2, -0.15) is 0 Å². The van der Waals surface area contributed by atoms with Crippen molar-refractivity contribution in [2.75, 3.05) is 7.05 Å². The maximum atomic E-state index is 12.2. The summed E-state index contributed by atoms with van der Waals surface area (Å²) in [6, 6.07) is 13.0. The van der Waals surface area contributed by atoms with Crippen molar-refractivity contribution in [2.45, 2.75) is 0 Å². The smallest absolute Gasteiger partial charge is 0.191 e. The number of carbonyl (C=O) groups excluding carboxylic acids is 1. The number of halogens is 1. The fourth-order valence-corrected chi connectivity index (χ4v) is 1.91. The van der Waals surface area contributed by atoms with Crippen LogP contribution in [0.25, 0.3) is 5.70 Å². The molecule has 0 bridgehead atoms. The summed E-state index contributed by atoms with van der Waals surface area (Å²) in [5.41, 5.74) is 2.08. The Kier molecular flexibility index (Phi) is 4.31. The van der Waals surface area contributed by atoms with E-state index in [4.69, 9.17) is 11.6 Å². The number of benzene rings is 1. The van der Waals surface area contributed by atoms with Gasteiger partial charge in [0.25, 0.3) is 0 Å². The minimum absolute atomic E-state index is 0.175. The highest BCUT2D eigenvalue weighted by Gasteiger charge is 2.10. The van der Waals surface area contributed by atoms with E-state index in [9.17, 15) is 4.79 Å². The van der Waals surface area contributed by atoms with Crippen LogP contribution in [0.4, 0.5) is 0 Å². The summed E-state index contributed by atoms with van der Waals surface area (Å²) in [5, 5.41) is 3.23. The molecule has 3 nitrogen and oxygen atoms in total. The average molecular weight is 273 g/mol. The molecule has 0 saturated carbocycles. The molecule has 1 N–H and O–H groups in total. The number of carbonyl (C=O) groups is 1. The van der Waals surface area contributed by atoms with Crippen LogP contribution in [-0.4, -0.2) is 17.8 Å².